The Morgan fingerprint density at radius 1 is 0.964 bits per heavy atom. The van der Waals surface area contributed by atoms with Gasteiger partial charge in [0.15, 0.2) is 0 Å². The molecule has 7 nitrogen and oxygen atoms in total. The van der Waals surface area contributed by atoms with Gasteiger partial charge < -0.3 is 9.80 Å². The normalized spacial score (nSPS) is 15.1. The third-order valence-corrected chi connectivity index (χ3v) is 4.62. The van der Waals surface area contributed by atoms with Crippen molar-refractivity contribution in [3.8, 4) is 11.3 Å². The van der Waals surface area contributed by atoms with Crippen LogP contribution in [0.4, 0.5) is 24.8 Å². The summed E-state index contributed by atoms with van der Waals surface area (Å²) in [5.41, 5.74) is 0.922. The van der Waals surface area contributed by atoms with E-state index in [-0.39, 0.29) is 0 Å². The molecule has 146 valence electrons. The van der Waals surface area contributed by atoms with E-state index < -0.39 is 11.7 Å². The van der Waals surface area contributed by atoms with Crippen LogP contribution in [0.25, 0.3) is 11.3 Å². The Balaban J connectivity index is 1.46. The molecule has 3 aromatic heterocycles. The van der Waals surface area contributed by atoms with Gasteiger partial charge in [0.25, 0.3) is 0 Å². The lowest BCUT2D eigenvalue weighted by molar-refractivity contribution is -0.137. The standard InChI is InChI=1S/C18H18F3N7/c1-26-12-13(9-24-26)15-10-22-11-17(25-15)28-6-4-27(5-7-28)16-8-14(2-3-23-16)18(19,20)21/h2-3,8-12H,4-7H2,1H3. The molecule has 4 heterocycles. The molecule has 0 N–H and O–H groups in total. The monoisotopic (exact) mass is 389 g/mol. The van der Waals surface area contributed by atoms with Crippen LogP contribution in [0.5, 0.6) is 0 Å². The van der Waals surface area contributed by atoms with E-state index in [1.807, 2.05) is 18.1 Å². The van der Waals surface area contributed by atoms with Crippen molar-refractivity contribution in [3.63, 3.8) is 0 Å². The summed E-state index contributed by atoms with van der Waals surface area (Å²) in [5, 5.41) is 4.14. The van der Waals surface area contributed by atoms with Gasteiger partial charge in [-0.15, -0.1) is 0 Å². The van der Waals surface area contributed by atoms with Crippen molar-refractivity contribution >= 4 is 11.6 Å². The second kappa shape index (κ2) is 7.10. The second-order valence-electron chi connectivity index (χ2n) is 6.54. The van der Waals surface area contributed by atoms with Crippen molar-refractivity contribution in [2.45, 2.75) is 6.18 Å². The number of pyridine rings is 1. The predicted molar refractivity (Wildman–Crippen MR) is 97.9 cm³/mol. The number of anilines is 2. The van der Waals surface area contributed by atoms with E-state index in [2.05, 4.69) is 25.0 Å². The number of alkyl halides is 3. The second-order valence-corrected chi connectivity index (χ2v) is 6.54. The first-order chi connectivity index (χ1) is 13.4. The first kappa shape index (κ1) is 18.2. The van der Waals surface area contributed by atoms with Gasteiger partial charge in [0, 0.05) is 51.2 Å². The van der Waals surface area contributed by atoms with Gasteiger partial charge in [-0.3, -0.25) is 9.67 Å². The van der Waals surface area contributed by atoms with Gasteiger partial charge in [-0.2, -0.15) is 18.3 Å². The van der Waals surface area contributed by atoms with Crippen LogP contribution < -0.4 is 9.80 Å². The van der Waals surface area contributed by atoms with Gasteiger partial charge in [-0.05, 0) is 12.1 Å². The fourth-order valence-electron chi connectivity index (χ4n) is 3.13. The predicted octanol–water partition coefficient (Wildman–Crippen LogP) is 2.62. The maximum Gasteiger partial charge on any atom is 0.416 e. The average Bonchev–Trinajstić information content (AvgIpc) is 3.14. The molecule has 0 radical (unpaired) electrons. The molecule has 1 saturated heterocycles. The highest BCUT2D eigenvalue weighted by Gasteiger charge is 2.31. The highest BCUT2D eigenvalue weighted by Crippen LogP contribution is 2.31. The van der Waals surface area contributed by atoms with Gasteiger partial charge in [0.2, 0.25) is 0 Å². The Labute approximate surface area is 159 Å². The minimum atomic E-state index is -4.37. The first-order valence-corrected chi connectivity index (χ1v) is 8.74. The van der Waals surface area contributed by atoms with Gasteiger partial charge in [-0.1, -0.05) is 0 Å². The quantitative estimate of drug-likeness (QED) is 0.686. The molecule has 1 aliphatic rings. The molecule has 0 aromatic carbocycles. The summed E-state index contributed by atoms with van der Waals surface area (Å²) in [4.78, 5) is 16.9. The molecule has 4 rings (SSSR count). The topological polar surface area (TPSA) is 63.0 Å². The van der Waals surface area contributed by atoms with Crippen molar-refractivity contribution < 1.29 is 13.2 Å². The van der Waals surface area contributed by atoms with Crippen LogP contribution in [0.1, 0.15) is 5.56 Å². The molecule has 1 fully saturated rings. The SMILES string of the molecule is Cn1cc(-c2cncc(N3CCN(c4cc(C(F)(F)F)ccn4)CC3)n2)cn1. The summed E-state index contributed by atoms with van der Waals surface area (Å²) < 4.78 is 40.5. The average molecular weight is 389 g/mol. The third-order valence-electron chi connectivity index (χ3n) is 4.62. The van der Waals surface area contributed by atoms with Crippen molar-refractivity contribution in [3.05, 3.63) is 48.7 Å². The highest BCUT2D eigenvalue weighted by atomic mass is 19.4. The molecule has 28 heavy (non-hydrogen) atoms. The Kier molecular flexibility index (Phi) is 4.62. The zero-order valence-electron chi connectivity index (χ0n) is 15.1. The summed E-state index contributed by atoms with van der Waals surface area (Å²) in [6.45, 7) is 2.33. The molecule has 0 spiro atoms. The van der Waals surface area contributed by atoms with E-state index in [4.69, 9.17) is 0 Å². The van der Waals surface area contributed by atoms with Crippen molar-refractivity contribution in [2.75, 3.05) is 36.0 Å². The molecule has 0 amide bonds. The molecule has 0 saturated carbocycles. The number of nitrogens with zero attached hydrogens (tertiary/aromatic N) is 7. The molecule has 3 aromatic rings. The van der Waals surface area contributed by atoms with Gasteiger partial charge in [0.1, 0.15) is 11.6 Å². The molecule has 0 aliphatic carbocycles. The number of rotatable bonds is 3. The number of hydrogen-bond acceptors (Lipinski definition) is 6. The fraction of sp³-hybridized carbons (Fsp3) is 0.333. The van der Waals surface area contributed by atoms with Gasteiger partial charge >= 0.3 is 6.18 Å². The summed E-state index contributed by atoms with van der Waals surface area (Å²) in [7, 11) is 1.84. The Morgan fingerprint density at radius 3 is 2.32 bits per heavy atom. The number of hydrogen-bond donors (Lipinski definition) is 0. The number of aromatic nitrogens is 5. The lowest BCUT2D eigenvalue weighted by atomic mass is 10.2. The van der Waals surface area contributed by atoms with Crippen molar-refractivity contribution in [1.82, 2.24) is 24.7 Å². The van der Waals surface area contributed by atoms with E-state index >= 15 is 0 Å². The number of aryl methyl sites for hydroxylation is 1. The van der Waals surface area contributed by atoms with Crippen LogP contribution in [-0.4, -0.2) is 50.9 Å². The van der Waals surface area contributed by atoms with E-state index in [9.17, 15) is 13.2 Å². The van der Waals surface area contributed by atoms with Crippen LogP contribution in [0.15, 0.2) is 43.1 Å². The van der Waals surface area contributed by atoms with Crippen LogP contribution >= 0.6 is 0 Å². The maximum absolute atomic E-state index is 12.9. The molecule has 0 atom stereocenters. The van der Waals surface area contributed by atoms with E-state index in [1.54, 1.807) is 23.3 Å². The minimum Gasteiger partial charge on any atom is -0.353 e. The minimum absolute atomic E-state index is 0.338. The van der Waals surface area contributed by atoms with Crippen LogP contribution in [0.2, 0.25) is 0 Å². The zero-order chi connectivity index (χ0) is 19.7. The first-order valence-electron chi connectivity index (χ1n) is 8.74. The molecule has 0 unspecified atom stereocenters. The lowest BCUT2D eigenvalue weighted by Gasteiger charge is -2.36. The number of piperazine rings is 1. The van der Waals surface area contributed by atoms with E-state index in [0.29, 0.717) is 32.0 Å². The molecule has 10 heteroatoms. The summed E-state index contributed by atoms with van der Waals surface area (Å²) in [5.74, 6) is 1.07. The van der Waals surface area contributed by atoms with Crippen LogP contribution in [0.3, 0.4) is 0 Å². The Morgan fingerprint density at radius 2 is 1.68 bits per heavy atom. The largest absolute Gasteiger partial charge is 0.416 e. The summed E-state index contributed by atoms with van der Waals surface area (Å²) in [6, 6.07) is 2.08. The Bertz CT molecular complexity index is 962. The molecular formula is C18H18F3N7. The highest BCUT2D eigenvalue weighted by molar-refractivity contribution is 5.58. The fourth-order valence-corrected chi connectivity index (χ4v) is 3.13. The van der Waals surface area contributed by atoms with Crippen LogP contribution in [0, 0.1) is 0 Å². The zero-order valence-corrected chi connectivity index (χ0v) is 15.1. The summed E-state index contributed by atoms with van der Waals surface area (Å²) in [6.07, 6.45) is 3.80. The Hall–Kier alpha value is -3.17. The van der Waals surface area contributed by atoms with E-state index in [1.165, 1.54) is 6.20 Å². The smallest absolute Gasteiger partial charge is 0.353 e. The van der Waals surface area contributed by atoms with Gasteiger partial charge in [0.05, 0.1) is 29.8 Å². The molecule has 1 aliphatic heterocycles. The lowest BCUT2D eigenvalue weighted by Crippen LogP contribution is -2.47. The van der Waals surface area contributed by atoms with Crippen LogP contribution in [-0.2, 0) is 13.2 Å². The number of halogens is 3. The van der Waals surface area contributed by atoms with Gasteiger partial charge in [-0.25, -0.2) is 9.97 Å². The third kappa shape index (κ3) is 3.75. The van der Waals surface area contributed by atoms with Crippen molar-refractivity contribution in [2.24, 2.45) is 7.05 Å². The maximum atomic E-state index is 12.9. The van der Waals surface area contributed by atoms with E-state index in [0.717, 1.165) is 29.2 Å². The van der Waals surface area contributed by atoms with Crippen molar-refractivity contribution in [1.29, 1.82) is 0 Å². The molecular weight excluding hydrogens is 371 g/mol. The summed E-state index contributed by atoms with van der Waals surface area (Å²) >= 11 is 0. The molecule has 0 bridgehead atoms.